The van der Waals surface area contributed by atoms with Crippen molar-refractivity contribution < 1.29 is 9.59 Å². The molecule has 5 nitrogen and oxygen atoms in total. The molecule has 0 radical (unpaired) electrons. The summed E-state index contributed by atoms with van der Waals surface area (Å²) in [6.07, 6.45) is 2.19. The fourth-order valence-corrected chi connectivity index (χ4v) is 3.47. The van der Waals surface area contributed by atoms with Crippen molar-refractivity contribution in [1.29, 1.82) is 0 Å². The van der Waals surface area contributed by atoms with Crippen LogP contribution in [0.5, 0.6) is 0 Å². The normalized spacial score (nSPS) is 10.9. The van der Waals surface area contributed by atoms with E-state index in [0.717, 1.165) is 32.9 Å². The van der Waals surface area contributed by atoms with Crippen molar-refractivity contribution in [1.82, 2.24) is 9.88 Å². The number of rotatable bonds is 5. The van der Waals surface area contributed by atoms with E-state index in [1.807, 2.05) is 84.5 Å². The van der Waals surface area contributed by atoms with E-state index >= 15 is 0 Å². The van der Waals surface area contributed by atoms with Gasteiger partial charge in [-0.05, 0) is 34.5 Å². The van der Waals surface area contributed by atoms with Crippen molar-refractivity contribution in [2.75, 3.05) is 11.9 Å². The minimum absolute atomic E-state index is 0.0627. The van der Waals surface area contributed by atoms with Gasteiger partial charge in [-0.15, -0.1) is 0 Å². The lowest BCUT2D eigenvalue weighted by Crippen LogP contribution is -2.33. The van der Waals surface area contributed by atoms with Crippen LogP contribution in [0.25, 0.3) is 21.7 Å². The quantitative estimate of drug-likeness (QED) is 0.563. The highest BCUT2D eigenvalue weighted by molar-refractivity contribution is 6.03. The molecule has 28 heavy (non-hydrogen) atoms. The van der Waals surface area contributed by atoms with E-state index in [2.05, 4.69) is 10.6 Å². The highest BCUT2D eigenvalue weighted by Crippen LogP contribution is 2.23. The van der Waals surface area contributed by atoms with Crippen molar-refractivity contribution in [3.63, 3.8) is 0 Å². The third-order valence-corrected chi connectivity index (χ3v) is 4.88. The summed E-state index contributed by atoms with van der Waals surface area (Å²) in [7, 11) is 1.96. The van der Waals surface area contributed by atoms with Gasteiger partial charge in [0.2, 0.25) is 11.8 Å². The number of hydrogen-bond donors (Lipinski definition) is 2. The highest BCUT2D eigenvalue weighted by atomic mass is 16.2. The molecule has 0 spiro atoms. The van der Waals surface area contributed by atoms with Gasteiger partial charge in [0.15, 0.2) is 0 Å². The number of carbonyl (C=O) groups excluding carboxylic acids is 2. The van der Waals surface area contributed by atoms with Crippen LogP contribution in [0.1, 0.15) is 5.56 Å². The SMILES string of the molecule is Cn1ccc2c(NC(=O)CNC(=O)Cc3cccc4ccccc34)cccc21. The molecule has 1 aromatic heterocycles. The largest absolute Gasteiger partial charge is 0.350 e. The zero-order valence-electron chi connectivity index (χ0n) is 15.6. The number of anilines is 1. The van der Waals surface area contributed by atoms with Gasteiger partial charge >= 0.3 is 0 Å². The summed E-state index contributed by atoms with van der Waals surface area (Å²) >= 11 is 0. The van der Waals surface area contributed by atoms with Crippen LogP contribution in [0.15, 0.2) is 72.9 Å². The van der Waals surface area contributed by atoms with Gasteiger partial charge in [-0.25, -0.2) is 0 Å². The number of nitrogens with zero attached hydrogens (tertiary/aromatic N) is 1. The van der Waals surface area contributed by atoms with Gasteiger partial charge in [0.1, 0.15) is 0 Å². The number of carbonyl (C=O) groups is 2. The van der Waals surface area contributed by atoms with Gasteiger partial charge < -0.3 is 15.2 Å². The second-order valence-electron chi connectivity index (χ2n) is 6.80. The summed E-state index contributed by atoms with van der Waals surface area (Å²) in [6.45, 7) is -0.0627. The van der Waals surface area contributed by atoms with E-state index in [9.17, 15) is 9.59 Å². The second-order valence-corrected chi connectivity index (χ2v) is 6.80. The number of benzene rings is 3. The zero-order valence-corrected chi connectivity index (χ0v) is 15.6. The molecule has 0 bridgehead atoms. The van der Waals surface area contributed by atoms with Crippen molar-refractivity contribution in [3.8, 4) is 0 Å². The Hall–Kier alpha value is -3.60. The lowest BCUT2D eigenvalue weighted by Gasteiger charge is -2.09. The number of aryl methyl sites for hydroxylation is 1. The maximum atomic E-state index is 12.3. The predicted octanol–water partition coefficient (Wildman–Crippen LogP) is 3.63. The predicted molar refractivity (Wildman–Crippen MR) is 112 cm³/mol. The average Bonchev–Trinajstić information content (AvgIpc) is 3.09. The monoisotopic (exact) mass is 371 g/mol. The number of amides is 2. The van der Waals surface area contributed by atoms with Crippen LogP contribution in [-0.4, -0.2) is 22.9 Å². The molecule has 0 fully saturated rings. The van der Waals surface area contributed by atoms with E-state index in [1.165, 1.54) is 0 Å². The molecule has 140 valence electrons. The number of aromatic nitrogens is 1. The summed E-state index contributed by atoms with van der Waals surface area (Å²) in [5.41, 5.74) is 2.73. The lowest BCUT2D eigenvalue weighted by molar-refractivity contribution is -0.123. The maximum Gasteiger partial charge on any atom is 0.243 e. The topological polar surface area (TPSA) is 63.1 Å². The summed E-state index contributed by atoms with van der Waals surface area (Å²) in [5.74, 6) is -0.424. The van der Waals surface area contributed by atoms with Crippen LogP contribution < -0.4 is 10.6 Å². The Labute approximate surface area is 163 Å². The first-order chi connectivity index (χ1) is 13.6. The summed E-state index contributed by atoms with van der Waals surface area (Å²) in [4.78, 5) is 24.6. The van der Waals surface area contributed by atoms with E-state index in [4.69, 9.17) is 0 Å². The Morgan fingerprint density at radius 3 is 2.54 bits per heavy atom. The fourth-order valence-electron chi connectivity index (χ4n) is 3.47. The molecule has 0 unspecified atom stereocenters. The van der Waals surface area contributed by atoms with Gasteiger partial charge in [0.05, 0.1) is 18.7 Å². The molecule has 0 saturated carbocycles. The third-order valence-electron chi connectivity index (χ3n) is 4.88. The molecule has 1 heterocycles. The summed E-state index contributed by atoms with van der Waals surface area (Å²) < 4.78 is 2.00. The van der Waals surface area contributed by atoms with Crippen LogP contribution >= 0.6 is 0 Å². The minimum atomic E-state index is -0.248. The van der Waals surface area contributed by atoms with Crippen LogP contribution in [0, 0.1) is 0 Å². The van der Waals surface area contributed by atoms with Gasteiger partial charge in [0.25, 0.3) is 0 Å². The summed E-state index contributed by atoms with van der Waals surface area (Å²) in [6, 6.07) is 21.6. The molecule has 0 aliphatic carbocycles. The average molecular weight is 371 g/mol. The van der Waals surface area contributed by atoms with Crippen molar-refractivity contribution in [3.05, 3.63) is 78.5 Å². The number of hydrogen-bond acceptors (Lipinski definition) is 2. The van der Waals surface area contributed by atoms with Crippen LogP contribution in [-0.2, 0) is 23.1 Å². The van der Waals surface area contributed by atoms with E-state index < -0.39 is 0 Å². The lowest BCUT2D eigenvalue weighted by atomic mass is 10.0. The molecule has 3 aromatic carbocycles. The Morgan fingerprint density at radius 2 is 1.64 bits per heavy atom. The second kappa shape index (κ2) is 7.56. The Balaban J connectivity index is 1.38. The zero-order chi connectivity index (χ0) is 19.5. The molecule has 2 amide bonds. The molecule has 0 aliphatic heterocycles. The Morgan fingerprint density at radius 1 is 0.857 bits per heavy atom. The fraction of sp³-hybridized carbons (Fsp3) is 0.130. The Kier molecular flexibility index (Phi) is 4.81. The van der Waals surface area contributed by atoms with Crippen molar-refractivity contribution >= 4 is 39.2 Å². The molecule has 0 atom stereocenters. The van der Waals surface area contributed by atoms with E-state index in [-0.39, 0.29) is 24.8 Å². The van der Waals surface area contributed by atoms with Gasteiger partial charge in [-0.3, -0.25) is 9.59 Å². The van der Waals surface area contributed by atoms with Gasteiger partial charge in [-0.1, -0.05) is 48.5 Å². The van der Waals surface area contributed by atoms with E-state index in [0.29, 0.717) is 0 Å². The maximum absolute atomic E-state index is 12.3. The van der Waals surface area contributed by atoms with Gasteiger partial charge in [-0.2, -0.15) is 0 Å². The summed E-state index contributed by atoms with van der Waals surface area (Å²) in [5, 5.41) is 8.72. The Bertz CT molecular complexity index is 1170. The highest BCUT2D eigenvalue weighted by Gasteiger charge is 2.11. The molecular formula is C23H21N3O2. The van der Waals surface area contributed by atoms with Crippen molar-refractivity contribution in [2.24, 2.45) is 7.05 Å². The number of fused-ring (bicyclic) bond motifs is 2. The first-order valence-corrected chi connectivity index (χ1v) is 9.19. The van der Waals surface area contributed by atoms with Gasteiger partial charge in [0, 0.05) is 24.1 Å². The molecule has 5 heteroatoms. The minimum Gasteiger partial charge on any atom is -0.350 e. The van der Waals surface area contributed by atoms with Crippen LogP contribution in [0.2, 0.25) is 0 Å². The molecule has 0 aliphatic rings. The van der Waals surface area contributed by atoms with Crippen LogP contribution in [0.3, 0.4) is 0 Å². The number of nitrogens with one attached hydrogen (secondary N) is 2. The van der Waals surface area contributed by atoms with Crippen LogP contribution in [0.4, 0.5) is 5.69 Å². The smallest absolute Gasteiger partial charge is 0.243 e. The molecule has 2 N–H and O–H groups in total. The molecule has 0 saturated heterocycles. The molecule has 4 rings (SSSR count). The first kappa shape index (κ1) is 17.8. The first-order valence-electron chi connectivity index (χ1n) is 9.19. The third kappa shape index (κ3) is 3.60. The molecule has 4 aromatic rings. The standard InChI is InChI=1S/C23H21N3O2/c1-26-13-12-19-20(10-5-11-21(19)26)25-23(28)15-24-22(27)14-17-8-4-7-16-6-2-3-9-18(16)17/h2-13H,14-15H2,1H3,(H,24,27)(H,25,28). The van der Waals surface area contributed by atoms with E-state index in [1.54, 1.807) is 0 Å². The van der Waals surface area contributed by atoms with Crippen molar-refractivity contribution in [2.45, 2.75) is 6.42 Å². The molecular weight excluding hydrogens is 350 g/mol.